The molecule has 1 aromatic heterocycles. The number of hydrogen-bond acceptors (Lipinski definition) is 4. The molecule has 0 fully saturated rings. The molecule has 0 unspecified atom stereocenters. The summed E-state index contributed by atoms with van der Waals surface area (Å²) in [5.74, 6) is 0.177. The highest BCUT2D eigenvalue weighted by Crippen LogP contribution is 2.11. The van der Waals surface area contributed by atoms with Crippen molar-refractivity contribution in [1.29, 1.82) is 0 Å². The Hall–Kier alpha value is -1.99. The molecular formula is C13H14FN3O2S. The molecule has 20 heavy (non-hydrogen) atoms. The van der Waals surface area contributed by atoms with E-state index in [2.05, 4.69) is 15.0 Å². The van der Waals surface area contributed by atoms with Crippen molar-refractivity contribution >= 4 is 15.8 Å². The van der Waals surface area contributed by atoms with Gasteiger partial charge < -0.3 is 5.32 Å². The lowest BCUT2D eigenvalue weighted by molar-refractivity contribution is 0.580. The van der Waals surface area contributed by atoms with E-state index in [-0.39, 0.29) is 11.4 Å². The van der Waals surface area contributed by atoms with Crippen LogP contribution in [0.1, 0.15) is 5.56 Å². The van der Waals surface area contributed by atoms with E-state index in [0.717, 1.165) is 0 Å². The van der Waals surface area contributed by atoms with Gasteiger partial charge in [0.05, 0.1) is 0 Å². The molecule has 7 heteroatoms. The van der Waals surface area contributed by atoms with Gasteiger partial charge in [0.1, 0.15) is 16.5 Å². The molecule has 0 atom stereocenters. The fraction of sp³-hybridized carbons (Fsp3) is 0.154. The summed E-state index contributed by atoms with van der Waals surface area (Å²) in [6.45, 7) is 0.0217. The van der Waals surface area contributed by atoms with Crippen molar-refractivity contribution in [3.05, 3.63) is 54.0 Å². The third-order valence-corrected chi connectivity index (χ3v) is 4.04. The van der Waals surface area contributed by atoms with Crippen LogP contribution in [-0.4, -0.2) is 20.4 Å². The number of rotatable bonds is 5. The van der Waals surface area contributed by atoms with E-state index in [1.165, 1.54) is 30.5 Å². The first-order chi connectivity index (χ1) is 9.51. The molecule has 0 aliphatic heterocycles. The second-order valence-corrected chi connectivity index (χ2v) is 5.85. The first-order valence-electron chi connectivity index (χ1n) is 5.89. The van der Waals surface area contributed by atoms with Gasteiger partial charge in [-0.1, -0.05) is 12.1 Å². The number of aromatic nitrogens is 1. The van der Waals surface area contributed by atoms with Crippen LogP contribution in [0.15, 0.2) is 47.5 Å². The monoisotopic (exact) mass is 295 g/mol. The van der Waals surface area contributed by atoms with Crippen molar-refractivity contribution in [2.24, 2.45) is 0 Å². The third-order valence-electron chi connectivity index (χ3n) is 2.66. The topological polar surface area (TPSA) is 71.1 Å². The minimum atomic E-state index is -3.66. The zero-order chi connectivity index (χ0) is 14.6. The Balaban J connectivity index is 2.10. The smallest absolute Gasteiger partial charge is 0.242 e. The molecule has 106 valence electrons. The molecule has 2 rings (SSSR count). The van der Waals surface area contributed by atoms with Gasteiger partial charge in [-0.3, -0.25) is 0 Å². The lowest BCUT2D eigenvalue weighted by Gasteiger charge is -2.07. The van der Waals surface area contributed by atoms with E-state index < -0.39 is 15.8 Å². The van der Waals surface area contributed by atoms with Gasteiger partial charge in [0, 0.05) is 19.8 Å². The van der Waals surface area contributed by atoms with Crippen LogP contribution in [0.2, 0.25) is 0 Å². The summed E-state index contributed by atoms with van der Waals surface area (Å²) in [6, 6.07) is 8.78. The predicted octanol–water partition coefficient (Wildman–Crippen LogP) is 1.74. The summed E-state index contributed by atoms with van der Waals surface area (Å²) in [5, 5.41) is 2.80. The number of pyridine rings is 1. The van der Waals surface area contributed by atoms with Gasteiger partial charge in [0.15, 0.2) is 0 Å². The molecule has 2 N–H and O–H groups in total. The molecule has 5 nitrogen and oxygen atoms in total. The van der Waals surface area contributed by atoms with E-state index in [0.29, 0.717) is 11.4 Å². The van der Waals surface area contributed by atoms with E-state index >= 15 is 0 Å². The highest BCUT2D eigenvalue weighted by atomic mass is 32.2. The first kappa shape index (κ1) is 14.4. The quantitative estimate of drug-likeness (QED) is 0.881. The average molecular weight is 295 g/mol. The van der Waals surface area contributed by atoms with Crippen molar-refractivity contribution in [2.75, 3.05) is 12.4 Å². The van der Waals surface area contributed by atoms with Crippen molar-refractivity contribution < 1.29 is 12.8 Å². The van der Waals surface area contributed by atoms with Crippen LogP contribution in [-0.2, 0) is 16.6 Å². The molecule has 0 bridgehead atoms. The lowest BCUT2D eigenvalue weighted by atomic mass is 10.2. The molecule has 0 spiro atoms. The minimum Gasteiger partial charge on any atom is -0.373 e. The zero-order valence-electron chi connectivity index (χ0n) is 10.8. The summed E-state index contributed by atoms with van der Waals surface area (Å²) in [6.07, 6.45) is 1.26. The number of benzene rings is 1. The maximum absolute atomic E-state index is 13.0. The Labute approximate surface area is 116 Å². The van der Waals surface area contributed by atoms with Gasteiger partial charge in [-0.25, -0.2) is 22.5 Å². The number of sulfonamides is 1. The van der Waals surface area contributed by atoms with Gasteiger partial charge in [-0.2, -0.15) is 0 Å². The normalized spacial score (nSPS) is 11.3. The lowest BCUT2D eigenvalue weighted by Crippen LogP contribution is -2.23. The zero-order valence-corrected chi connectivity index (χ0v) is 11.6. The van der Waals surface area contributed by atoms with Gasteiger partial charge in [0.25, 0.3) is 0 Å². The van der Waals surface area contributed by atoms with E-state index in [4.69, 9.17) is 0 Å². The fourth-order valence-electron chi connectivity index (χ4n) is 1.60. The van der Waals surface area contributed by atoms with Crippen molar-refractivity contribution in [1.82, 2.24) is 9.71 Å². The van der Waals surface area contributed by atoms with E-state index in [1.807, 2.05) is 0 Å². The number of nitrogens with zero attached hydrogens (tertiary/aromatic N) is 1. The second-order valence-electron chi connectivity index (χ2n) is 4.08. The van der Waals surface area contributed by atoms with Crippen LogP contribution in [0.5, 0.6) is 0 Å². The van der Waals surface area contributed by atoms with E-state index in [1.54, 1.807) is 19.2 Å². The van der Waals surface area contributed by atoms with Gasteiger partial charge in [-0.15, -0.1) is 0 Å². The Morgan fingerprint density at radius 3 is 2.65 bits per heavy atom. The summed E-state index contributed by atoms with van der Waals surface area (Å²) in [7, 11) is -1.97. The Morgan fingerprint density at radius 2 is 2.05 bits per heavy atom. The van der Waals surface area contributed by atoms with Crippen molar-refractivity contribution in [3.8, 4) is 0 Å². The predicted molar refractivity (Wildman–Crippen MR) is 74.2 cm³/mol. The molecule has 0 saturated heterocycles. The van der Waals surface area contributed by atoms with Crippen molar-refractivity contribution in [3.63, 3.8) is 0 Å². The fourth-order valence-corrected chi connectivity index (χ4v) is 2.56. The van der Waals surface area contributed by atoms with Gasteiger partial charge in [-0.05, 0) is 29.8 Å². The second kappa shape index (κ2) is 5.98. The van der Waals surface area contributed by atoms with Crippen LogP contribution < -0.4 is 10.0 Å². The molecule has 2 aromatic rings. The Morgan fingerprint density at radius 1 is 1.25 bits per heavy atom. The minimum absolute atomic E-state index is 0.0217. The van der Waals surface area contributed by atoms with Gasteiger partial charge >= 0.3 is 0 Å². The summed E-state index contributed by atoms with van der Waals surface area (Å²) >= 11 is 0. The Kier molecular flexibility index (Phi) is 4.31. The van der Waals surface area contributed by atoms with Crippen LogP contribution in [0.3, 0.4) is 0 Å². The molecule has 1 aromatic carbocycles. The third kappa shape index (κ3) is 3.52. The number of halogens is 1. The highest BCUT2D eigenvalue weighted by molar-refractivity contribution is 7.89. The van der Waals surface area contributed by atoms with Crippen LogP contribution in [0.4, 0.5) is 10.2 Å². The molecule has 0 aliphatic carbocycles. The summed E-state index contributed by atoms with van der Waals surface area (Å²) in [4.78, 5) is 4.01. The number of anilines is 1. The average Bonchev–Trinajstić information content (AvgIpc) is 2.45. The maximum atomic E-state index is 13.0. The molecule has 0 radical (unpaired) electrons. The molecule has 0 saturated carbocycles. The van der Waals surface area contributed by atoms with Crippen molar-refractivity contribution in [2.45, 2.75) is 11.4 Å². The molecule has 1 heterocycles. The van der Waals surface area contributed by atoms with Crippen LogP contribution in [0, 0.1) is 5.82 Å². The SMILES string of the molecule is CNc1ccc(S(=O)(=O)NCc2cccc(F)c2)cn1. The maximum Gasteiger partial charge on any atom is 0.242 e. The van der Waals surface area contributed by atoms with Crippen LogP contribution >= 0.6 is 0 Å². The number of nitrogens with one attached hydrogen (secondary N) is 2. The molecular weight excluding hydrogens is 281 g/mol. The highest BCUT2D eigenvalue weighted by Gasteiger charge is 2.14. The van der Waals surface area contributed by atoms with E-state index in [9.17, 15) is 12.8 Å². The number of hydrogen-bond donors (Lipinski definition) is 2. The Bertz CT molecular complexity index is 687. The largest absolute Gasteiger partial charge is 0.373 e. The molecule has 0 amide bonds. The molecule has 0 aliphatic rings. The van der Waals surface area contributed by atoms with Gasteiger partial charge in [0.2, 0.25) is 10.0 Å². The summed E-state index contributed by atoms with van der Waals surface area (Å²) < 4.78 is 39.5. The summed E-state index contributed by atoms with van der Waals surface area (Å²) in [5.41, 5.74) is 0.549. The first-order valence-corrected chi connectivity index (χ1v) is 7.37. The standard InChI is InChI=1S/C13H14FN3O2S/c1-15-13-6-5-12(9-16-13)20(18,19)17-8-10-3-2-4-11(14)7-10/h2-7,9,17H,8H2,1H3,(H,15,16). The van der Waals surface area contributed by atoms with Crippen LogP contribution in [0.25, 0.3) is 0 Å².